The van der Waals surface area contributed by atoms with E-state index in [-0.39, 0.29) is 88.4 Å². The van der Waals surface area contributed by atoms with Crippen LogP contribution in [0.1, 0.15) is 6.42 Å². The van der Waals surface area contributed by atoms with Gasteiger partial charge in [0.1, 0.15) is 18.3 Å². The van der Waals surface area contributed by atoms with Gasteiger partial charge in [-0.25, -0.2) is 9.11 Å². The molecule has 0 bridgehead atoms. The van der Waals surface area contributed by atoms with Crippen LogP contribution in [0.15, 0.2) is 0 Å². The molecule has 33 heavy (non-hydrogen) atoms. The Balaban J connectivity index is -0.00000225. The molecule has 0 saturated carbocycles. The van der Waals surface area contributed by atoms with E-state index in [1.54, 1.807) is 0 Å². The molecule has 3 N–H and O–H groups in total. The molecule has 2 aliphatic heterocycles. The van der Waals surface area contributed by atoms with Gasteiger partial charge in [0.25, 0.3) is 15.6 Å². The fraction of sp³-hybridized carbons (Fsp3) is 0.778. The Bertz CT molecular complexity index is 815. The van der Waals surface area contributed by atoms with E-state index in [1.807, 2.05) is 5.32 Å². The van der Waals surface area contributed by atoms with Crippen LogP contribution in [0, 0.1) is 0 Å². The summed E-state index contributed by atoms with van der Waals surface area (Å²) < 4.78 is 48.3. The standard InChI is InChI=1S/C9H17N2O15P3.4Li/c12-5-1-2-11(9(15)10-5)8-7(14)6(13)4(24-8)3-23-28(19,20)26-29(21,22)25-27(16,17)18;;;;/h4,6-8,13-14H,1-3H2,(H,19,20)(H,21,22)(H,10,12,15)(H2,16,17,18);;;;/q;4*+1/p-4. The third-order valence-corrected chi connectivity index (χ3v) is 7.19. The maximum absolute atomic E-state index is 11.8. The Hall–Kier alpha value is 1.62. The minimum absolute atomic E-state index is 0. The van der Waals surface area contributed by atoms with Gasteiger partial charge in [0, 0.05) is 13.0 Å². The molecule has 6 atom stereocenters. The molecular weight excluding hydrogens is 497 g/mol. The first-order chi connectivity index (χ1) is 13.1. The van der Waals surface area contributed by atoms with Crippen molar-refractivity contribution in [1.82, 2.24) is 10.2 Å². The van der Waals surface area contributed by atoms with Gasteiger partial charge in [-0.3, -0.25) is 28.5 Å². The first-order valence-electron chi connectivity index (χ1n) is 7.44. The van der Waals surface area contributed by atoms with E-state index in [9.17, 15) is 53.1 Å². The third kappa shape index (κ3) is 12.1. The second-order valence-electron chi connectivity index (χ2n) is 5.64. The number of nitrogens with zero attached hydrogens (tertiary/aromatic N) is 1. The van der Waals surface area contributed by atoms with Crippen LogP contribution in [0.2, 0.25) is 0 Å². The van der Waals surface area contributed by atoms with Crippen molar-refractivity contribution in [3.05, 3.63) is 0 Å². The molecule has 24 heteroatoms. The third-order valence-electron chi connectivity index (χ3n) is 3.53. The number of rotatable bonds is 8. The summed E-state index contributed by atoms with van der Waals surface area (Å²) in [6, 6.07) is -0.944. The van der Waals surface area contributed by atoms with E-state index in [1.165, 1.54) is 0 Å². The largest absolute Gasteiger partial charge is 1.00 e. The second-order valence-corrected chi connectivity index (χ2v) is 9.89. The molecule has 2 heterocycles. The molecule has 2 saturated heterocycles. The number of amides is 3. The molecule has 2 fully saturated rings. The van der Waals surface area contributed by atoms with Gasteiger partial charge in [-0.15, -0.1) is 0 Å². The van der Waals surface area contributed by atoms with Gasteiger partial charge in [-0.05, 0) is 0 Å². The Kier molecular flexibility index (Phi) is 17.9. The van der Waals surface area contributed by atoms with Gasteiger partial charge in [-0.1, -0.05) is 0 Å². The molecule has 0 aromatic heterocycles. The van der Waals surface area contributed by atoms with Gasteiger partial charge in [0.05, 0.1) is 14.4 Å². The van der Waals surface area contributed by atoms with Crippen LogP contribution in [-0.2, 0) is 36.4 Å². The molecule has 2 aliphatic rings. The van der Waals surface area contributed by atoms with Gasteiger partial charge in [0.2, 0.25) is 5.91 Å². The Morgan fingerprint density at radius 1 is 0.970 bits per heavy atom. The van der Waals surface area contributed by atoms with Crippen molar-refractivity contribution < 1.29 is 146 Å². The zero-order valence-electron chi connectivity index (χ0n) is 17.9. The van der Waals surface area contributed by atoms with Gasteiger partial charge in [-0.2, -0.15) is 0 Å². The zero-order valence-corrected chi connectivity index (χ0v) is 20.6. The van der Waals surface area contributed by atoms with E-state index in [2.05, 4.69) is 13.1 Å². The number of carbonyl (C=O) groups is 2. The minimum atomic E-state index is -6.16. The number of hydrogen-bond acceptors (Lipinski definition) is 15. The number of phosphoric acid groups is 3. The van der Waals surface area contributed by atoms with Crippen molar-refractivity contribution in [2.75, 3.05) is 13.2 Å². The number of urea groups is 1. The van der Waals surface area contributed by atoms with E-state index >= 15 is 0 Å². The molecular formula is C9H13Li4N2O15P3. The average Bonchev–Trinajstić information content (AvgIpc) is 2.78. The Morgan fingerprint density at radius 3 is 2.00 bits per heavy atom. The van der Waals surface area contributed by atoms with Crippen LogP contribution in [0.4, 0.5) is 4.79 Å². The van der Waals surface area contributed by atoms with Crippen LogP contribution >= 0.6 is 23.5 Å². The molecule has 6 unspecified atom stereocenters. The summed E-state index contributed by atoms with van der Waals surface area (Å²) in [6.07, 6.45) is -6.83. The quantitative estimate of drug-likeness (QED) is 0.202. The summed E-state index contributed by atoms with van der Waals surface area (Å²) in [4.78, 5) is 66.7. The first-order valence-corrected chi connectivity index (χ1v) is 11.8. The predicted molar refractivity (Wildman–Crippen MR) is 76.5 cm³/mol. The van der Waals surface area contributed by atoms with E-state index in [0.29, 0.717) is 0 Å². The molecule has 2 rings (SSSR count). The van der Waals surface area contributed by atoms with Crippen molar-refractivity contribution in [2.45, 2.75) is 31.0 Å². The number of ether oxygens (including phenoxy) is 1. The van der Waals surface area contributed by atoms with Crippen molar-refractivity contribution >= 4 is 35.4 Å². The maximum Gasteiger partial charge on any atom is 1.00 e. The van der Waals surface area contributed by atoms with E-state index in [0.717, 1.165) is 4.90 Å². The van der Waals surface area contributed by atoms with Crippen LogP contribution in [-0.4, -0.2) is 64.7 Å². The molecule has 17 nitrogen and oxygen atoms in total. The number of aliphatic hydroxyl groups is 2. The second kappa shape index (κ2) is 15.1. The van der Waals surface area contributed by atoms with Crippen molar-refractivity contribution in [1.29, 1.82) is 0 Å². The number of hydrogen-bond donors (Lipinski definition) is 3. The van der Waals surface area contributed by atoms with Gasteiger partial charge >= 0.3 is 81.5 Å². The van der Waals surface area contributed by atoms with Crippen LogP contribution in [0.5, 0.6) is 0 Å². The molecule has 0 radical (unpaired) electrons. The number of nitrogens with one attached hydrogen (secondary N) is 1. The van der Waals surface area contributed by atoms with Crippen molar-refractivity contribution in [3.63, 3.8) is 0 Å². The summed E-state index contributed by atoms with van der Waals surface area (Å²) in [5.74, 6) is -0.589. The number of imide groups is 1. The number of aliphatic hydroxyl groups excluding tert-OH is 2. The molecule has 0 spiro atoms. The fourth-order valence-electron chi connectivity index (χ4n) is 2.39. The van der Waals surface area contributed by atoms with Crippen molar-refractivity contribution in [3.8, 4) is 0 Å². The summed E-state index contributed by atoms with van der Waals surface area (Å²) >= 11 is 0. The van der Waals surface area contributed by atoms with E-state index in [4.69, 9.17) is 4.74 Å². The maximum atomic E-state index is 11.8. The first kappa shape index (κ1) is 39.1. The number of carbonyl (C=O) groups excluding carboxylic acids is 2. The Labute approximate surface area is 234 Å². The smallest absolute Gasteiger partial charge is 0.790 e. The average molecular weight is 510 g/mol. The molecule has 0 aromatic rings. The normalized spacial score (nSPS) is 28.6. The number of phosphoric ester groups is 1. The Morgan fingerprint density at radius 2 is 1.52 bits per heavy atom. The topological polar surface area (TPSA) is 270 Å². The summed E-state index contributed by atoms with van der Waals surface area (Å²) in [5, 5.41) is 21.8. The van der Waals surface area contributed by atoms with Crippen LogP contribution in [0.3, 0.4) is 0 Å². The summed E-state index contributed by atoms with van der Waals surface area (Å²) in [7, 11) is -18.1. The van der Waals surface area contributed by atoms with Gasteiger partial charge in [0.15, 0.2) is 6.23 Å². The molecule has 168 valence electrons. The monoisotopic (exact) mass is 510 g/mol. The SMILES string of the molecule is O=C1CCN(C2OC(COP(=O)([O-])OP(=O)([O-])OP(=O)([O-])[O-])C(O)C2O)C(=O)N1.[Li+].[Li+].[Li+].[Li+]. The van der Waals surface area contributed by atoms with Crippen LogP contribution < -0.4 is 100 Å². The fourth-order valence-corrected chi connectivity index (χ4v) is 5.26. The summed E-state index contributed by atoms with van der Waals surface area (Å²) in [6.45, 7) is -1.33. The minimum Gasteiger partial charge on any atom is -0.790 e. The predicted octanol–water partition coefficient (Wildman–Crippen LogP) is -16.8. The zero-order chi connectivity index (χ0) is 22.2. The molecule has 3 amide bonds. The van der Waals surface area contributed by atoms with Crippen LogP contribution in [0.25, 0.3) is 0 Å². The van der Waals surface area contributed by atoms with Crippen molar-refractivity contribution in [2.24, 2.45) is 0 Å². The van der Waals surface area contributed by atoms with Gasteiger partial charge < -0.3 is 43.6 Å². The molecule has 0 aliphatic carbocycles. The molecule has 0 aromatic carbocycles. The van der Waals surface area contributed by atoms with E-state index < -0.39 is 66.6 Å². The summed E-state index contributed by atoms with van der Waals surface area (Å²) in [5.41, 5.74) is 0.